The van der Waals surface area contributed by atoms with E-state index < -0.39 is 23.5 Å². The molecule has 0 radical (unpaired) electrons. The quantitative estimate of drug-likeness (QED) is 0.237. The molecule has 1 aromatic heterocycles. The lowest BCUT2D eigenvalue weighted by atomic mass is 9.80. The van der Waals surface area contributed by atoms with Crippen LogP contribution in [-0.2, 0) is 5.66 Å². The van der Waals surface area contributed by atoms with Crippen molar-refractivity contribution in [1.82, 2.24) is 15.6 Å². The van der Waals surface area contributed by atoms with Gasteiger partial charge in [-0.15, -0.1) is 0 Å². The second kappa shape index (κ2) is 10.2. The number of rotatable bonds is 10. The maximum Gasteiger partial charge on any atom is 0.133 e. The van der Waals surface area contributed by atoms with Gasteiger partial charge in [0.2, 0.25) is 0 Å². The molecule has 2 aromatic rings. The molecule has 7 heteroatoms. The second-order valence-corrected chi connectivity index (χ2v) is 9.89. The summed E-state index contributed by atoms with van der Waals surface area (Å²) in [6, 6.07) is 5.78. The molecular formula is C25H38ClN3O3. The van der Waals surface area contributed by atoms with Crippen LogP contribution in [0.1, 0.15) is 70.9 Å². The SMILES string of the molecule is CCCCCNC1(NCC(O)CCC)c2cc3nc(Cl)cc(C)c3cc2OC(C)(C)C1O. The zero-order chi connectivity index (χ0) is 23.5. The Morgan fingerprint density at radius 3 is 2.59 bits per heavy atom. The molecule has 4 N–H and O–H groups in total. The van der Waals surface area contributed by atoms with Gasteiger partial charge in [0.1, 0.15) is 28.3 Å². The molecule has 0 aliphatic carbocycles. The number of hydrogen-bond donors (Lipinski definition) is 4. The predicted molar refractivity (Wildman–Crippen MR) is 130 cm³/mol. The third kappa shape index (κ3) is 5.05. The maximum atomic E-state index is 11.6. The van der Waals surface area contributed by atoms with Crippen LogP contribution in [0.3, 0.4) is 0 Å². The summed E-state index contributed by atoms with van der Waals surface area (Å²) in [5.41, 5.74) is 0.704. The smallest absolute Gasteiger partial charge is 0.133 e. The van der Waals surface area contributed by atoms with Crippen molar-refractivity contribution in [2.24, 2.45) is 0 Å². The Labute approximate surface area is 196 Å². The molecule has 0 bridgehead atoms. The number of fused-ring (bicyclic) bond motifs is 2. The van der Waals surface area contributed by atoms with Crippen LogP contribution in [0.25, 0.3) is 10.9 Å². The molecular weight excluding hydrogens is 426 g/mol. The van der Waals surface area contributed by atoms with E-state index in [2.05, 4.69) is 22.5 Å². The summed E-state index contributed by atoms with van der Waals surface area (Å²) >= 11 is 6.25. The van der Waals surface area contributed by atoms with Gasteiger partial charge in [-0.05, 0) is 63.9 Å². The highest BCUT2D eigenvalue weighted by Gasteiger charge is 2.53. The molecule has 1 aliphatic rings. The zero-order valence-electron chi connectivity index (χ0n) is 20.0. The molecule has 178 valence electrons. The summed E-state index contributed by atoms with van der Waals surface area (Å²) in [6.07, 6.45) is 3.35. The molecule has 3 unspecified atom stereocenters. The number of aryl methyl sites for hydroxylation is 1. The number of halogens is 1. The number of hydrogen-bond acceptors (Lipinski definition) is 6. The van der Waals surface area contributed by atoms with Gasteiger partial charge in [0.25, 0.3) is 0 Å². The van der Waals surface area contributed by atoms with Crippen LogP contribution in [-0.4, -0.2) is 46.1 Å². The van der Waals surface area contributed by atoms with E-state index in [0.717, 1.165) is 54.3 Å². The lowest BCUT2D eigenvalue weighted by Gasteiger charge is -2.51. The van der Waals surface area contributed by atoms with Crippen molar-refractivity contribution < 1.29 is 14.9 Å². The number of nitrogens with zero attached hydrogens (tertiary/aromatic N) is 1. The lowest BCUT2D eigenvalue weighted by molar-refractivity contribution is -0.114. The van der Waals surface area contributed by atoms with Crippen molar-refractivity contribution >= 4 is 22.5 Å². The van der Waals surface area contributed by atoms with Gasteiger partial charge in [0.15, 0.2) is 0 Å². The Kier molecular flexibility index (Phi) is 8.05. The van der Waals surface area contributed by atoms with Crippen molar-refractivity contribution in [3.8, 4) is 5.75 Å². The van der Waals surface area contributed by atoms with Crippen molar-refractivity contribution in [3.63, 3.8) is 0 Å². The van der Waals surface area contributed by atoms with Crippen LogP contribution in [0.2, 0.25) is 5.15 Å². The molecule has 1 aliphatic heterocycles. The third-order valence-corrected chi connectivity index (χ3v) is 6.57. The van der Waals surface area contributed by atoms with Gasteiger partial charge in [-0.25, -0.2) is 4.98 Å². The number of benzene rings is 1. The number of aliphatic hydroxyl groups excluding tert-OH is 2. The highest BCUT2D eigenvalue weighted by atomic mass is 35.5. The van der Waals surface area contributed by atoms with Gasteiger partial charge in [-0.3, -0.25) is 10.6 Å². The molecule has 0 saturated heterocycles. The standard InChI is InChI=1S/C25H38ClN3O3/c1-6-8-9-11-27-25(28-15-17(30)10-7-2)19-14-20-18(16(3)12-22(26)29-20)13-21(19)32-24(4,5)23(25)31/h12-14,17,23,27-28,30-31H,6-11,15H2,1-5H3. The maximum absolute atomic E-state index is 11.6. The van der Waals surface area contributed by atoms with E-state index >= 15 is 0 Å². The first kappa shape index (κ1) is 25.2. The molecule has 3 atom stereocenters. The van der Waals surface area contributed by atoms with E-state index in [4.69, 9.17) is 16.3 Å². The van der Waals surface area contributed by atoms with Gasteiger partial charge in [0.05, 0.1) is 11.6 Å². The Morgan fingerprint density at radius 1 is 1.16 bits per heavy atom. The molecule has 0 spiro atoms. The zero-order valence-corrected chi connectivity index (χ0v) is 20.7. The van der Waals surface area contributed by atoms with E-state index in [1.165, 1.54) is 0 Å². The Morgan fingerprint density at radius 2 is 1.91 bits per heavy atom. The normalized spacial score (nSPS) is 23.1. The lowest BCUT2D eigenvalue weighted by Crippen LogP contribution is -2.71. The molecule has 1 aromatic carbocycles. The number of aromatic nitrogens is 1. The minimum Gasteiger partial charge on any atom is -0.485 e. The summed E-state index contributed by atoms with van der Waals surface area (Å²) in [6.45, 7) is 11.1. The van der Waals surface area contributed by atoms with E-state index in [-0.39, 0.29) is 0 Å². The van der Waals surface area contributed by atoms with Gasteiger partial charge in [-0.2, -0.15) is 0 Å². The van der Waals surface area contributed by atoms with E-state index in [9.17, 15) is 10.2 Å². The summed E-state index contributed by atoms with van der Waals surface area (Å²) in [7, 11) is 0. The Balaban J connectivity index is 2.14. The Hall–Kier alpha value is -1.44. The minimum absolute atomic E-state index is 0.348. The monoisotopic (exact) mass is 463 g/mol. The molecule has 32 heavy (non-hydrogen) atoms. The minimum atomic E-state index is -0.994. The summed E-state index contributed by atoms with van der Waals surface area (Å²) in [5.74, 6) is 0.695. The number of pyridine rings is 1. The average molecular weight is 464 g/mol. The van der Waals surface area contributed by atoms with Crippen LogP contribution in [0, 0.1) is 6.92 Å². The fourth-order valence-electron chi connectivity index (χ4n) is 4.60. The van der Waals surface area contributed by atoms with E-state index in [1.807, 2.05) is 45.9 Å². The van der Waals surface area contributed by atoms with Crippen LogP contribution >= 0.6 is 11.6 Å². The van der Waals surface area contributed by atoms with Crippen molar-refractivity contribution in [1.29, 1.82) is 0 Å². The van der Waals surface area contributed by atoms with E-state index in [1.54, 1.807) is 0 Å². The fourth-order valence-corrected chi connectivity index (χ4v) is 4.86. The molecule has 6 nitrogen and oxygen atoms in total. The molecule has 0 fully saturated rings. The largest absolute Gasteiger partial charge is 0.485 e. The summed E-state index contributed by atoms with van der Waals surface area (Å²) in [5, 5.41) is 30.6. The van der Waals surface area contributed by atoms with Crippen molar-refractivity contribution in [2.45, 2.75) is 90.2 Å². The number of unbranched alkanes of at least 4 members (excludes halogenated alkanes) is 2. The van der Waals surface area contributed by atoms with Crippen LogP contribution in [0.15, 0.2) is 18.2 Å². The first-order valence-electron chi connectivity index (χ1n) is 11.8. The van der Waals surface area contributed by atoms with Gasteiger partial charge in [-0.1, -0.05) is 44.7 Å². The molecule has 3 rings (SSSR count). The number of aliphatic hydroxyl groups is 2. The summed E-state index contributed by atoms with van der Waals surface area (Å²) < 4.78 is 6.31. The van der Waals surface area contributed by atoms with Gasteiger partial charge in [0, 0.05) is 17.5 Å². The molecule has 0 amide bonds. The predicted octanol–water partition coefficient (Wildman–Crippen LogP) is 4.41. The van der Waals surface area contributed by atoms with Crippen LogP contribution in [0.4, 0.5) is 0 Å². The van der Waals surface area contributed by atoms with E-state index in [0.29, 0.717) is 23.9 Å². The van der Waals surface area contributed by atoms with Gasteiger partial charge < -0.3 is 14.9 Å². The van der Waals surface area contributed by atoms with Gasteiger partial charge >= 0.3 is 0 Å². The first-order chi connectivity index (χ1) is 15.1. The van der Waals surface area contributed by atoms with Crippen molar-refractivity contribution in [3.05, 3.63) is 34.5 Å². The Bertz CT molecular complexity index is 936. The second-order valence-electron chi connectivity index (χ2n) is 9.50. The molecule has 2 heterocycles. The third-order valence-electron chi connectivity index (χ3n) is 6.37. The highest BCUT2D eigenvalue weighted by molar-refractivity contribution is 6.29. The number of ether oxygens (including phenoxy) is 1. The first-order valence-corrected chi connectivity index (χ1v) is 12.2. The van der Waals surface area contributed by atoms with Crippen molar-refractivity contribution in [2.75, 3.05) is 13.1 Å². The number of nitrogens with one attached hydrogen (secondary N) is 2. The van der Waals surface area contributed by atoms with Crippen LogP contribution < -0.4 is 15.4 Å². The molecule has 0 saturated carbocycles. The fraction of sp³-hybridized carbons (Fsp3) is 0.640. The average Bonchev–Trinajstić information content (AvgIpc) is 2.72. The topological polar surface area (TPSA) is 86.6 Å². The van der Waals surface area contributed by atoms with Crippen LogP contribution in [0.5, 0.6) is 5.75 Å². The highest BCUT2D eigenvalue weighted by Crippen LogP contribution is 2.44. The summed E-state index contributed by atoms with van der Waals surface area (Å²) in [4.78, 5) is 4.53.